The first kappa shape index (κ1) is 13.8. The Kier molecular flexibility index (Phi) is 3.74. The summed E-state index contributed by atoms with van der Waals surface area (Å²) in [5.74, 6) is 0. The molecule has 1 N–H and O–H groups in total. The van der Waals surface area contributed by atoms with Crippen LogP contribution in [0.3, 0.4) is 0 Å². The van der Waals surface area contributed by atoms with Gasteiger partial charge in [-0.25, -0.2) is 0 Å². The fourth-order valence-corrected chi connectivity index (χ4v) is 2.90. The van der Waals surface area contributed by atoms with Crippen molar-refractivity contribution in [2.24, 2.45) is 0 Å². The van der Waals surface area contributed by atoms with Crippen LogP contribution >= 0.6 is 0 Å². The fourth-order valence-electron chi connectivity index (χ4n) is 2.90. The molecule has 1 saturated heterocycles. The fraction of sp³-hybridized carbons (Fsp3) is 0.500. The normalized spacial score (nSPS) is 19.2. The number of hydrogen-bond donors (Lipinski definition) is 1. The average molecular weight is 290 g/mol. The Morgan fingerprint density at radius 2 is 2.43 bits per heavy atom. The maximum absolute atomic E-state index is 11.0. The third-order valence-electron chi connectivity index (χ3n) is 3.99. The third-order valence-corrected chi connectivity index (χ3v) is 3.99. The van der Waals surface area contributed by atoms with Crippen molar-refractivity contribution in [3.05, 3.63) is 28.3 Å². The van der Waals surface area contributed by atoms with Gasteiger partial charge < -0.3 is 9.73 Å². The van der Waals surface area contributed by atoms with Crippen LogP contribution in [0.4, 0.5) is 11.7 Å². The van der Waals surface area contributed by atoms with Crippen molar-refractivity contribution < 1.29 is 9.34 Å². The molecule has 1 aliphatic rings. The number of oxazole rings is 1. The summed E-state index contributed by atoms with van der Waals surface area (Å²) >= 11 is 0. The number of non-ortho nitro benzene ring substituents is 1. The van der Waals surface area contributed by atoms with Gasteiger partial charge in [0.2, 0.25) is 0 Å². The Morgan fingerprint density at radius 3 is 3.19 bits per heavy atom. The highest BCUT2D eigenvalue weighted by Gasteiger charge is 2.23. The van der Waals surface area contributed by atoms with Crippen LogP contribution in [0, 0.1) is 10.1 Å². The molecular formula is C14H18N4O3. The molecule has 7 heteroatoms. The van der Waals surface area contributed by atoms with Gasteiger partial charge in [0.1, 0.15) is 0 Å². The lowest BCUT2D eigenvalue weighted by molar-refractivity contribution is -0.383. The maximum atomic E-state index is 11.0. The van der Waals surface area contributed by atoms with E-state index in [4.69, 9.17) is 4.42 Å². The predicted molar refractivity (Wildman–Crippen MR) is 79.4 cm³/mol. The van der Waals surface area contributed by atoms with Gasteiger partial charge >= 0.3 is 0 Å². The molecule has 0 radical (unpaired) electrons. The Labute approximate surface area is 122 Å². The van der Waals surface area contributed by atoms with Crippen molar-refractivity contribution in [2.45, 2.75) is 25.8 Å². The van der Waals surface area contributed by atoms with Crippen molar-refractivity contribution >= 4 is 22.8 Å². The number of rotatable bonds is 5. The molecule has 1 aliphatic heterocycles. The van der Waals surface area contributed by atoms with Crippen molar-refractivity contribution in [3.63, 3.8) is 0 Å². The first-order valence-electron chi connectivity index (χ1n) is 7.21. The van der Waals surface area contributed by atoms with Gasteiger partial charge in [0.25, 0.3) is 11.7 Å². The highest BCUT2D eigenvalue weighted by Crippen LogP contribution is 2.27. The van der Waals surface area contributed by atoms with Gasteiger partial charge in [-0.15, -0.1) is 0 Å². The van der Waals surface area contributed by atoms with Gasteiger partial charge in [-0.1, -0.05) is 13.0 Å². The molecule has 1 aromatic heterocycles. The van der Waals surface area contributed by atoms with Gasteiger partial charge in [-0.3, -0.25) is 15.0 Å². The second-order valence-corrected chi connectivity index (χ2v) is 5.21. The van der Waals surface area contributed by atoms with E-state index in [9.17, 15) is 10.1 Å². The lowest BCUT2D eigenvalue weighted by Gasteiger charge is -2.22. The molecule has 0 amide bonds. The van der Waals surface area contributed by atoms with E-state index < -0.39 is 4.92 Å². The molecule has 7 nitrogen and oxygen atoms in total. The summed E-state index contributed by atoms with van der Waals surface area (Å²) in [6.45, 7) is 5.06. The van der Waals surface area contributed by atoms with Crippen LogP contribution in [-0.2, 0) is 0 Å². The number of benzene rings is 1. The summed E-state index contributed by atoms with van der Waals surface area (Å²) in [6, 6.07) is 5.55. The van der Waals surface area contributed by atoms with Crippen LogP contribution in [0.1, 0.15) is 19.8 Å². The van der Waals surface area contributed by atoms with Crippen LogP contribution in [0.5, 0.6) is 0 Å². The molecule has 0 aliphatic carbocycles. The topological polar surface area (TPSA) is 84.4 Å². The summed E-state index contributed by atoms with van der Waals surface area (Å²) in [5, 5.41) is 14.1. The zero-order valence-electron chi connectivity index (χ0n) is 11.9. The summed E-state index contributed by atoms with van der Waals surface area (Å²) in [7, 11) is 0. The largest absolute Gasteiger partial charge is 0.423 e. The maximum Gasteiger partial charge on any atom is 0.298 e. The molecule has 1 fully saturated rings. The minimum absolute atomic E-state index is 0.0275. The van der Waals surface area contributed by atoms with E-state index in [-0.39, 0.29) is 5.69 Å². The molecule has 1 aromatic carbocycles. The summed E-state index contributed by atoms with van der Waals surface area (Å²) in [5.41, 5.74) is 0.703. The summed E-state index contributed by atoms with van der Waals surface area (Å²) < 4.78 is 5.54. The molecule has 0 saturated carbocycles. The molecule has 112 valence electrons. The number of nitrogens with one attached hydrogen (secondary N) is 1. The van der Waals surface area contributed by atoms with Gasteiger partial charge in [0.05, 0.1) is 4.92 Å². The SMILES string of the molecule is CCN1CCCC1CNc1nc2c([N+](=O)[O-])cccc2o1. The molecule has 0 bridgehead atoms. The zero-order valence-corrected chi connectivity index (χ0v) is 11.9. The number of nitrogens with zero attached hydrogens (tertiary/aromatic N) is 3. The average Bonchev–Trinajstić information content (AvgIpc) is 3.09. The van der Waals surface area contributed by atoms with Crippen LogP contribution in [0.25, 0.3) is 11.1 Å². The first-order valence-corrected chi connectivity index (χ1v) is 7.21. The van der Waals surface area contributed by atoms with E-state index in [0.717, 1.165) is 26.1 Å². The lowest BCUT2D eigenvalue weighted by Crippen LogP contribution is -2.34. The van der Waals surface area contributed by atoms with Crippen LogP contribution in [0.15, 0.2) is 22.6 Å². The quantitative estimate of drug-likeness (QED) is 0.673. The zero-order chi connectivity index (χ0) is 14.8. The number of anilines is 1. The van der Waals surface area contributed by atoms with E-state index >= 15 is 0 Å². The minimum Gasteiger partial charge on any atom is -0.423 e. The van der Waals surface area contributed by atoms with E-state index in [1.807, 2.05) is 0 Å². The predicted octanol–water partition coefficient (Wildman–Crippen LogP) is 2.63. The van der Waals surface area contributed by atoms with Crippen molar-refractivity contribution in [1.82, 2.24) is 9.88 Å². The smallest absolute Gasteiger partial charge is 0.298 e. The number of nitro groups is 1. The highest BCUT2D eigenvalue weighted by atomic mass is 16.6. The summed E-state index contributed by atoms with van der Waals surface area (Å²) in [6.07, 6.45) is 2.36. The molecule has 0 spiro atoms. The van der Waals surface area contributed by atoms with E-state index in [0.29, 0.717) is 23.2 Å². The van der Waals surface area contributed by atoms with Crippen molar-refractivity contribution in [2.75, 3.05) is 25.0 Å². The number of hydrogen-bond acceptors (Lipinski definition) is 6. The Balaban J connectivity index is 1.76. The molecule has 1 unspecified atom stereocenters. The molecule has 21 heavy (non-hydrogen) atoms. The van der Waals surface area contributed by atoms with Crippen LogP contribution in [0.2, 0.25) is 0 Å². The Morgan fingerprint density at radius 1 is 1.57 bits per heavy atom. The third kappa shape index (κ3) is 2.69. The monoisotopic (exact) mass is 290 g/mol. The van der Waals surface area contributed by atoms with Crippen LogP contribution < -0.4 is 5.32 Å². The highest BCUT2D eigenvalue weighted by molar-refractivity contribution is 5.83. The first-order chi connectivity index (χ1) is 10.2. The molecular weight excluding hydrogens is 272 g/mol. The number of fused-ring (bicyclic) bond motifs is 1. The van der Waals surface area contributed by atoms with Gasteiger partial charge in [0, 0.05) is 18.7 Å². The number of nitro benzene ring substituents is 1. The Bertz CT molecular complexity index is 655. The van der Waals surface area contributed by atoms with Crippen molar-refractivity contribution in [1.29, 1.82) is 0 Å². The lowest BCUT2D eigenvalue weighted by atomic mass is 10.2. The van der Waals surface area contributed by atoms with E-state index in [1.54, 1.807) is 12.1 Å². The van der Waals surface area contributed by atoms with Gasteiger partial charge in [0.15, 0.2) is 11.1 Å². The van der Waals surface area contributed by atoms with Crippen molar-refractivity contribution in [3.8, 4) is 0 Å². The summed E-state index contributed by atoms with van der Waals surface area (Å²) in [4.78, 5) is 17.2. The molecule has 3 rings (SSSR count). The van der Waals surface area contributed by atoms with Crippen LogP contribution in [-0.4, -0.2) is 40.5 Å². The van der Waals surface area contributed by atoms with Gasteiger partial charge in [-0.05, 0) is 32.0 Å². The Hall–Kier alpha value is -2.15. The molecule has 2 heterocycles. The number of likely N-dealkylation sites (N-methyl/N-ethyl adjacent to an activating group) is 1. The molecule has 1 atom stereocenters. The van der Waals surface area contributed by atoms with E-state index in [2.05, 4.69) is 22.1 Å². The second-order valence-electron chi connectivity index (χ2n) is 5.21. The minimum atomic E-state index is -0.440. The number of likely N-dealkylation sites (tertiary alicyclic amines) is 1. The second kappa shape index (κ2) is 5.69. The van der Waals surface area contributed by atoms with Gasteiger partial charge in [-0.2, -0.15) is 4.98 Å². The van der Waals surface area contributed by atoms with E-state index in [1.165, 1.54) is 12.5 Å². The molecule has 2 aromatic rings. The standard InChI is InChI=1S/C14H18N4O3/c1-2-17-8-4-5-10(17)9-15-14-16-13-11(18(19)20)6-3-7-12(13)21-14/h3,6-7,10H,2,4-5,8-9H2,1H3,(H,15,16). The number of para-hydroxylation sites is 1. The number of aromatic nitrogens is 1.